The molecule has 1 heterocycles. The average molecular weight is 528 g/mol. The van der Waals surface area contributed by atoms with Gasteiger partial charge in [0, 0.05) is 23.5 Å². The SMILES string of the molecule is COC(=O)c1oc2ccc(-c3cc(OCCN[C@H](C)c4cccc(OC)c4)cc(C(F)(F)F)c3)cc2c1C. The lowest BCUT2D eigenvalue weighted by molar-refractivity contribution is -0.137. The number of furan rings is 1. The van der Waals surface area contributed by atoms with Crippen molar-refractivity contribution in [3.63, 3.8) is 0 Å². The second-order valence-corrected chi connectivity index (χ2v) is 8.80. The summed E-state index contributed by atoms with van der Waals surface area (Å²) in [6.07, 6.45) is -4.55. The lowest BCUT2D eigenvalue weighted by Crippen LogP contribution is -2.24. The minimum Gasteiger partial charge on any atom is -0.497 e. The maximum absolute atomic E-state index is 13.7. The van der Waals surface area contributed by atoms with Gasteiger partial charge in [-0.05, 0) is 73.0 Å². The maximum atomic E-state index is 13.7. The lowest BCUT2D eigenvalue weighted by atomic mass is 10.00. The predicted octanol–water partition coefficient (Wildman–Crippen LogP) is 6.95. The number of halogens is 3. The molecule has 0 amide bonds. The van der Waals surface area contributed by atoms with E-state index in [0.29, 0.717) is 34.2 Å². The van der Waals surface area contributed by atoms with Gasteiger partial charge < -0.3 is 23.9 Å². The molecular formula is C29H28F3NO5. The summed E-state index contributed by atoms with van der Waals surface area (Å²) in [6, 6.07) is 16.2. The fourth-order valence-electron chi connectivity index (χ4n) is 4.17. The van der Waals surface area contributed by atoms with Crippen LogP contribution < -0.4 is 14.8 Å². The van der Waals surface area contributed by atoms with Crippen molar-refractivity contribution in [3.8, 4) is 22.6 Å². The van der Waals surface area contributed by atoms with E-state index in [0.717, 1.165) is 23.4 Å². The molecule has 200 valence electrons. The number of benzene rings is 3. The van der Waals surface area contributed by atoms with Crippen molar-refractivity contribution in [1.29, 1.82) is 0 Å². The molecule has 0 spiro atoms. The van der Waals surface area contributed by atoms with E-state index in [1.165, 1.54) is 7.11 Å². The van der Waals surface area contributed by atoms with E-state index in [1.54, 1.807) is 38.3 Å². The molecule has 1 aromatic heterocycles. The van der Waals surface area contributed by atoms with Gasteiger partial charge in [-0.1, -0.05) is 18.2 Å². The van der Waals surface area contributed by atoms with Gasteiger partial charge in [0.15, 0.2) is 0 Å². The molecule has 4 rings (SSSR count). The summed E-state index contributed by atoms with van der Waals surface area (Å²) in [5.74, 6) is 0.284. The van der Waals surface area contributed by atoms with Crippen molar-refractivity contribution in [1.82, 2.24) is 5.32 Å². The Morgan fingerprint density at radius 2 is 1.79 bits per heavy atom. The number of esters is 1. The summed E-state index contributed by atoms with van der Waals surface area (Å²) in [5, 5.41) is 3.91. The third kappa shape index (κ3) is 5.94. The molecule has 0 bridgehead atoms. The van der Waals surface area contributed by atoms with Crippen LogP contribution in [-0.2, 0) is 10.9 Å². The van der Waals surface area contributed by atoms with Crippen LogP contribution in [0.3, 0.4) is 0 Å². The smallest absolute Gasteiger partial charge is 0.416 e. The van der Waals surface area contributed by atoms with E-state index >= 15 is 0 Å². The third-order valence-corrected chi connectivity index (χ3v) is 6.29. The zero-order valence-electron chi connectivity index (χ0n) is 21.4. The Balaban J connectivity index is 1.54. The zero-order valence-corrected chi connectivity index (χ0v) is 21.4. The van der Waals surface area contributed by atoms with E-state index in [1.807, 2.05) is 31.2 Å². The highest BCUT2D eigenvalue weighted by atomic mass is 19.4. The minimum absolute atomic E-state index is 0.00872. The summed E-state index contributed by atoms with van der Waals surface area (Å²) in [5.41, 5.74) is 2.04. The van der Waals surface area contributed by atoms with Gasteiger partial charge in [-0.3, -0.25) is 0 Å². The number of fused-ring (bicyclic) bond motifs is 1. The Morgan fingerprint density at radius 1 is 1.00 bits per heavy atom. The van der Waals surface area contributed by atoms with E-state index in [9.17, 15) is 18.0 Å². The fourth-order valence-corrected chi connectivity index (χ4v) is 4.17. The average Bonchev–Trinajstić information content (AvgIpc) is 3.25. The fraction of sp³-hybridized carbons (Fsp3) is 0.276. The predicted molar refractivity (Wildman–Crippen MR) is 138 cm³/mol. The monoisotopic (exact) mass is 527 g/mol. The molecule has 38 heavy (non-hydrogen) atoms. The van der Waals surface area contributed by atoms with Crippen molar-refractivity contribution in [2.24, 2.45) is 0 Å². The van der Waals surface area contributed by atoms with Gasteiger partial charge in [-0.15, -0.1) is 0 Å². The Kier molecular flexibility index (Phi) is 7.97. The Labute approximate surface area is 218 Å². The van der Waals surface area contributed by atoms with Crippen LogP contribution in [0.4, 0.5) is 13.2 Å². The molecule has 4 aromatic rings. The van der Waals surface area contributed by atoms with Gasteiger partial charge in [-0.2, -0.15) is 13.2 Å². The van der Waals surface area contributed by atoms with Crippen LogP contribution in [-0.4, -0.2) is 33.3 Å². The number of hydrogen-bond donors (Lipinski definition) is 1. The highest BCUT2D eigenvalue weighted by molar-refractivity contribution is 5.97. The maximum Gasteiger partial charge on any atom is 0.416 e. The van der Waals surface area contributed by atoms with Crippen LogP contribution in [0, 0.1) is 6.92 Å². The van der Waals surface area contributed by atoms with E-state index in [2.05, 4.69) is 5.32 Å². The van der Waals surface area contributed by atoms with Crippen LogP contribution >= 0.6 is 0 Å². The Morgan fingerprint density at radius 3 is 2.50 bits per heavy atom. The number of nitrogens with one attached hydrogen (secondary N) is 1. The molecule has 0 aliphatic heterocycles. The Hall–Kier alpha value is -3.98. The molecule has 1 N–H and O–H groups in total. The number of hydrogen-bond acceptors (Lipinski definition) is 6. The highest BCUT2D eigenvalue weighted by Crippen LogP contribution is 2.37. The largest absolute Gasteiger partial charge is 0.497 e. The molecule has 0 unspecified atom stereocenters. The van der Waals surface area contributed by atoms with E-state index < -0.39 is 17.7 Å². The summed E-state index contributed by atoms with van der Waals surface area (Å²) in [7, 11) is 2.85. The van der Waals surface area contributed by atoms with E-state index in [4.69, 9.17) is 18.6 Å². The number of carbonyl (C=O) groups excluding carboxylic acids is 1. The van der Waals surface area contributed by atoms with E-state index in [-0.39, 0.29) is 24.2 Å². The van der Waals surface area contributed by atoms with Crippen LogP contribution in [0.15, 0.2) is 65.1 Å². The minimum atomic E-state index is -4.55. The molecule has 0 saturated heterocycles. The topological polar surface area (TPSA) is 69.9 Å². The molecule has 1 atom stereocenters. The molecule has 9 heteroatoms. The Bertz CT molecular complexity index is 1440. The van der Waals surface area contributed by atoms with Gasteiger partial charge in [-0.25, -0.2) is 4.79 Å². The molecule has 6 nitrogen and oxygen atoms in total. The molecule has 0 aliphatic carbocycles. The molecule has 3 aromatic carbocycles. The summed E-state index contributed by atoms with van der Waals surface area (Å²) >= 11 is 0. The van der Waals surface area contributed by atoms with Crippen molar-refractivity contribution in [2.75, 3.05) is 27.4 Å². The van der Waals surface area contributed by atoms with Crippen molar-refractivity contribution < 1.29 is 36.6 Å². The first-order valence-electron chi connectivity index (χ1n) is 11.9. The van der Waals surface area contributed by atoms with Crippen molar-refractivity contribution in [2.45, 2.75) is 26.1 Å². The van der Waals surface area contributed by atoms with Crippen LogP contribution in [0.25, 0.3) is 22.1 Å². The number of methoxy groups -OCH3 is 2. The molecule has 0 fully saturated rings. The normalized spacial score (nSPS) is 12.4. The first-order valence-corrected chi connectivity index (χ1v) is 11.9. The summed E-state index contributed by atoms with van der Waals surface area (Å²) in [6.45, 7) is 4.26. The summed E-state index contributed by atoms with van der Waals surface area (Å²) < 4.78 is 62.4. The number of aryl methyl sites for hydroxylation is 1. The third-order valence-electron chi connectivity index (χ3n) is 6.29. The molecule has 0 saturated carbocycles. The lowest BCUT2D eigenvalue weighted by Gasteiger charge is -2.17. The van der Waals surface area contributed by atoms with Crippen molar-refractivity contribution >= 4 is 16.9 Å². The quantitative estimate of drug-likeness (QED) is 0.188. The zero-order chi connectivity index (χ0) is 27.4. The van der Waals surface area contributed by atoms with Gasteiger partial charge in [0.25, 0.3) is 0 Å². The number of ether oxygens (including phenoxy) is 3. The van der Waals surface area contributed by atoms with Crippen LogP contribution in [0.5, 0.6) is 11.5 Å². The number of carbonyl (C=O) groups is 1. The standard InChI is InChI=1S/C29H28F3NO5/c1-17-25-15-20(8-9-26(25)38-27(17)28(34)36-4)21-12-22(29(30,31)32)16-24(14-21)37-11-10-33-18(2)19-6-5-7-23(13-19)35-3/h5-9,12-16,18,33H,10-11H2,1-4H3/t18-/m1/s1. The summed E-state index contributed by atoms with van der Waals surface area (Å²) in [4.78, 5) is 12.0. The first kappa shape index (κ1) is 27.1. The van der Waals surface area contributed by atoms with Crippen molar-refractivity contribution in [3.05, 3.63) is 83.1 Å². The first-order chi connectivity index (χ1) is 18.1. The molecule has 0 radical (unpaired) electrons. The second-order valence-electron chi connectivity index (χ2n) is 8.80. The second kappa shape index (κ2) is 11.2. The number of alkyl halides is 3. The molecular weight excluding hydrogens is 499 g/mol. The van der Waals surface area contributed by atoms with Crippen LogP contribution in [0.1, 0.15) is 40.2 Å². The number of rotatable bonds is 9. The molecule has 0 aliphatic rings. The highest BCUT2D eigenvalue weighted by Gasteiger charge is 2.31. The van der Waals surface area contributed by atoms with Gasteiger partial charge in [0.05, 0.1) is 19.8 Å². The van der Waals surface area contributed by atoms with Gasteiger partial charge >= 0.3 is 12.1 Å². The van der Waals surface area contributed by atoms with Gasteiger partial charge in [0.1, 0.15) is 23.7 Å². The van der Waals surface area contributed by atoms with Gasteiger partial charge in [0.2, 0.25) is 5.76 Å². The van der Waals surface area contributed by atoms with Crippen LogP contribution in [0.2, 0.25) is 0 Å².